The fraction of sp³-hybridized carbons (Fsp3) is 0.214. The van der Waals surface area contributed by atoms with Gasteiger partial charge in [0, 0.05) is 24.5 Å². The van der Waals surface area contributed by atoms with Gasteiger partial charge in [-0.05, 0) is 36.8 Å². The van der Waals surface area contributed by atoms with E-state index in [2.05, 4.69) is 0 Å². The van der Waals surface area contributed by atoms with Gasteiger partial charge in [0.2, 0.25) is 0 Å². The lowest BCUT2D eigenvalue weighted by molar-refractivity contribution is 0.300. The normalized spacial score (nSPS) is 10.4. The highest BCUT2D eigenvalue weighted by molar-refractivity contribution is 5.33. The van der Waals surface area contributed by atoms with Gasteiger partial charge in [-0.3, -0.25) is 4.79 Å². The molecule has 1 heterocycles. The van der Waals surface area contributed by atoms with Crippen molar-refractivity contribution in [2.75, 3.05) is 12.3 Å². The molecule has 5 heteroatoms. The Hall–Kier alpha value is -2.30. The van der Waals surface area contributed by atoms with Gasteiger partial charge in [0.15, 0.2) is 0 Å². The van der Waals surface area contributed by atoms with Crippen LogP contribution in [-0.2, 0) is 6.54 Å². The third kappa shape index (κ3) is 3.84. The topological polar surface area (TPSA) is 57.2 Å². The number of nitrogen functional groups attached to an aromatic ring is 1. The molecule has 1 aromatic carbocycles. The summed E-state index contributed by atoms with van der Waals surface area (Å²) in [5.74, 6) is 0.319. The van der Waals surface area contributed by atoms with E-state index in [1.165, 1.54) is 18.2 Å². The van der Waals surface area contributed by atoms with Crippen molar-refractivity contribution in [3.63, 3.8) is 0 Å². The number of benzene rings is 1. The summed E-state index contributed by atoms with van der Waals surface area (Å²) in [7, 11) is 0. The van der Waals surface area contributed by atoms with Gasteiger partial charge in [0.05, 0.1) is 6.61 Å². The lowest BCUT2D eigenvalue weighted by atomic mass is 10.3. The summed E-state index contributed by atoms with van der Waals surface area (Å²) in [5.41, 5.74) is 6.08. The summed E-state index contributed by atoms with van der Waals surface area (Å²) in [6.45, 7) is 0.984. The number of hydrogen-bond acceptors (Lipinski definition) is 3. The number of nitrogens with two attached hydrogens (primary N) is 1. The molecule has 0 radical (unpaired) electrons. The summed E-state index contributed by atoms with van der Waals surface area (Å²) in [5, 5.41) is 0. The summed E-state index contributed by atoms with van der Waals surface area (Å²) >= 11 is 0. The van der Waals surface area contributed by atoms with Gasteiger partial charge in [-0.15, -0.1) is 0 Å². The molecule has 4 nitrogen and oxygen atoms in total. The third-order valence-corrected chi connectivity index (χ3v) is 2.63. The smallest absolute Gasteiger partial charge is 0.250 e. The lowest BCUT2D eigenvalue weighted by Gasteiger charge is -2.08. The minimum Gasteiger partial charge on any atom is -0.494 e. The maximum atomic E-state index is 12.7. The van der Waals surface area contributed by atoms with E-state index in [1.54, 1.807) is 29.0 Å². The van der Waals surface area contributed by atoms with Gasteiger partial charge in [-0.1, -0.05) is 0 Å². The number of aryl methyl sites for hydroxylation is 1. The summed E-state index contributed by atoms with van der Waals surface area (Å²) in [4.78, 5) is 11.5. The fourth-order valence-electron chi connectivity index (χ4n) is 1.68. The van der Waals surface area contributed by atoms with Crippen molar-refractivity contribution in [2.24, 2.45) is 0 Å². The van der Waals surface area contributed by atoms with Gasteiger partial charge in [0.25, 0.3) is 5.56 Å². The van der Waals surface area contributed by atoms with Crippen molar-refractivity contribution in [3.05, 3.63) is 58.8 Å². The molecule has 0 aliphatic heterocycles. The van der Waals surface area contributed by atoms with E-state index in [1.807, 2.05) is 0 Å². The second-order valence-corrected chi connectivity index (χ2v) is 4.15. The Morgan fingerprint density at radius 1 is 1.16 bits per heavy atom. The summed E-state index contributed by atoms with van der Waals surface area (Å²) in [6.07, 6.45) is 2.28. The molecular weight excluding hydrogens is 247 g/mol. The second kappa shape index (κ2) is 6.04. The molecule has 0 bridgehead atoms. The predicted molar refractivity (Wildman–Crippen MR) is 71.6 cm³/mol. The zero-order valence-corrected chi connectivity index (χ0v) is 10.4. The van der Waals surface area contributed by atoms with Gasteiger partial charge in [-0.2, -0.15) is 0 Å². The fourth-order valence-corrected chi connectivity index (χ4v) is 1.68. The van der Waals surface area contributed by atoms with Crippen LogP contribution >= 0.6 is 0 Å². The standard InChI is InChI=1S/C14H15FN2O2/c15-11-2-5-13(6-3-11)19-9-1-8-17-10-12(16)4-7-14(17)18/h2-7,10H,1,8-9,16H2. The molecule has 0 unspecified atom stereocenters. The number of nitrogens with zero attached hydrogens (tertiary/aromatic N) is 1. The minimum atomic E-state index is -0.293. The van der Waals surface area contributed by atoms with Crippen molar-refractivity contribution < 1.29 is 9.13 Å². The van der Waals surface area contributed by atoms with Crippen LogP contribution < -0.4 is 16.0 Å². The average Bonchev–Trinajstić information content (AvgIpc) is 2.40. The maximum absolute atomic E-state index is 12.7. The Morgan fingerprint density at radius 2 is 1.89 bits per heavy atom. The largest absolute Gasteiger partial charge is 0.494 e. The number of hydrogen-bond donors (Lipinski definition) is 1. The molecule has 1 aromatic heterocycles. The van der Waals surface area contributed by atoms with Crippen LogP contribution in [-0.4, -0.2) is 11.2 Å². The Kier molecular flexibility index (Phi) is 4.18. The Morgan fingerprint density at radius 3 is 2.63 bits per heavy atom. The molecule has 0 aliphatic carbocycles. The number of pyridine rings is 1. The van der Waals surface area contributed by atoms with Crippen molar-refractivity contribution in [3.8, 4) is 5.75 Å². The number of anilines is 1. The van der Waals surface area contributed by atoms with E-state index < -0.39 is 0 Å². The first-order valence-electron chi connectivity index (χ1n) is 5.99. The number of halogens is 1. The third-order valence-electron chi connectivity index (χ3n) is 2.63. The molecule has 0 aliphatic rings. The molecule has 0 saturated heterocycles. The number of ether oxygens (including phenoxy) is 1. The van der Waals surface area contributed by atoms with E-state index in [9.17, 15) is 9.18 Å². The zero-order valence-electron chi connectivity index (χ0n) is 10.4. The van der Waals surface area contributed by atoms with Crippen LogP contribution in [0.15, 0.2) is 47.4 Å². The van der Waals surface area contributed by atoms with Crippen LogP contribution in [0.25, 0.3) is 0 Å². The second-order valence-electron chi connectivity index (χ2n) is 4.15. The first-order chi connectivity index (χ1) is 9.15. The zero-order chi connectivity index (χ0) is 13.7. The Labute approximate surface area is 110 Å². The molecule has 0 saturated carbocycles. The maximum Gasteiger partial charge on any atom is 0.250 e. The SMILES string of the molecule is Nc1ccc(=O)n(CCCOc2ccc(F)cc2)c1. The Bertz CT molecular complexity index is 593. The summed E-state index contributed by atoms with van der Waals surface area (Å²) in [6, 6.07) is 8.85. The van der Waals surface area contributed by atoms with Crippen molar-refractivity contribution in [1.29, 1.82) is 0 Å². The van der Waals surface area contributed by atoms with Crippen LogP contribution in [0.3, 0.4) is 0 Å². The van der Waals surface area contributed by atoms with Crippen molar-refractivity contribution in [1.82, 2.24) is 4.57 Å². The molecule has 2 aromatic rings. The molecule has 19 heavy (non-hydrogen) atoms. The quantitative estimate of drug-likeness (QED) is 0.839. The molecule has 0 atom stereocenters. The highest BCUT2D eigenvalue weighted by Crippen LogP contribution is 2.11. The molecule has 0 fully saturated rings. The van der Waals surface area contributed by atoms with Gasteiger partial charge in [0.1, 0.15) is 11.6 Å². The number of aromatic nitrogens is 1. The highest BCUT2D eigenvalue weighted by atomic mass is 19.1. The van der Waals surface area contributed by atoms with Crippen LogP contribution in [0.2, 0.25) is 0 Å². The highest BCUT2D eigenvalue weighted by Gasteiger charge is 1.98. The lowest BCUT2D eigenvalue weighted by Crippen LogP contribution is -2.20. The van der Waals surface area contributed by atoms with Crippen molar-refractivity contribution in [2.45, 2.75) is 13.0 Å². The van der Waals surface area contributed by atoms with Gasteiger partial charge < -0.3 is 15.0 Å². The van der Waals surface area contributed by atoms with E-state index in [0.717, 1.165) is 0 Å². The molecule has 100 valence electrons. The van der Waals surface area contributed by atoms with Gasteiger partial charge >= 0.3 is 0 Å². The van der Waals surface area contributed by atoms with Gasteiger partial charge in [-0.25, -0.2) is 4.39 Å². The van der Waals surface area contributed by atoms with E-state index in [4.69, 9.17) is 10.5 Å². The first-order valence-corrected chi connectivity index (χ1v) is 5.99. The molecule has 0 spiro atoms. The molecular formula is C14H15FN2O2. The van der Waals surface area contributed by atoms with E-state index in [-0.39, 0.29) is 11.4 Å². The predicted octanol–water partition coefficient (Wildman–Crippen LogP) is 2.04. The van der Waals surface area contributed by atoms with E-state index >= 15 is 0 Å². The summed E-state index contributed by atoms with van der Waals surface area (Å²) < 4.78 is 19.7. The molecule has 2 N–H and O–H groups in total. The van der Waals surface area contributed by atoms with Crippen LogP contribution in [0.5, 0.6) is 5.75 Å². The van der Waals surface area contributed by atoms with Crippen LogP contribution in [0, 0.1) is 5.82 Å². The Balaban J connectivity index is 1.82. The average molecular weight is 262 g/mol. The van der Waals surface area contributed by atoms with E-state index in [0.29, 0.717) is 31.0 Å². The molecule has 2 rings (SSSR count). The number of rotatable bonds is 5. The van der Waals surface area contributed by atoms with Crippen molar-refractivity contribution >= 4 is 5.69 Å². The van der Waals surface area contributed by atoms with Crippen LogP contribution in [0.4, 0.5) is 10.1 Å². The first kappa shape index (κ1) is 13.1. The monoisotopic (exact) mass is 262 g/mol. The molecule has 0 amide bonds. The minimum absolute atomic E-state index is 0.0871. The van der Waals surface area contributed by atoms with Crippen LogP contribution in [0.1, 0.15) is 6.42 Å².